The molecule has 1 aromatic rings. The van der Waals surface area contributed by atoms with Gasteiger partial charge in [0.25, 0.3) is 0 Å². The summed E-state index contributed by atoms with van der Waals surface area (Å²) in [6.45, 7) is 8.55. The van der Waals surface area contributed by atoms with E-state index >= 15 is 0 Å². The normalized spacial score (nSPS) is 17.1. The van der Waals surface area contributed by atoms with E-state index in [1.54, 1.807) is 11.1 Å². The van der Waals surface area contributed by atoms with Crippen LogP contribution in [-0.4, -0.2) is 34.8 Å². The van der Waals surface area contributed by atoms with Crippen molar-refractivity contribution in [1.29, 1.82) is 0 Å². The predicted octanol–water partition coefficient (Wildman–Crippen LogP) is 4.17. The van der Waals surface area contributed by atoms with Gasteiger partial charge in [-0.15, -0.1) is 0 Å². The number of ether oxygens (including phenoxy) is 2. The number of carbonyl (C=O) groups is 1. The molecule has 0 spiro atoms. The lowest BCUT2D eigenvalue weighted by molar-refractivity contribution is 0.0240. The monoisotopic (exact) mass is 340 g/mol. The fourth-order valence-electron chi connectivity index (χ4n) is 2.37. The maximum Gasteiger partial charge on any atom is 0.410 e. The first kappa shape index (κ1) is 18.0. The number of amides is 1. The zero-order valence-corrected chi connectivity index (χ0v) is 14.9. The molecule has 1 fully saturated rings. The number of rotatable bonds is 0. The third-order valence-corrected chi connectivity index (χ3v) is 3.66. The van der Waals surface area contributed by atoms with Crippen molar-refractivity contribution in [2.24, 2.45) is 0 Å². The van der Waals surface area contributed by atoms with Crippen LogP contribution in [0.25, 0.3) is 0 Å². The quantitative estimate of drug-likeness (QED) is 0.711. The summed E-state index contributed by atoms with van der Waals surface area (Å²) in [5.41, 5.74) is 1.40. The first-order valence-electron chi connectivity index (χ1n) is 8.04. The van der Waals surface area contributed by atoms with E-state index in [2.05, 4.69) is 4.98 Å². The zero-order valence-electron chi connectivity index (χ0n) is 14.1. The van der Waals surface area contributed by atoms with Gasteiger partial charge in [-0.2, -0.15) is 0 Å². The fourth-order valence-corrected chi connectivity index (χ4v) is 2.55. The number of carbonyl (C=O) groups excluding carboxylic acids is 1. The molecule has 0 saturated carbocycles. The Morgan fingerprint density at radius 3 is 2.48 bits per heavy atom. The van der Waals surface area contributed by atoms with Crippen LogP contribution in [0.15, 0.2) is 12.3 Å². The van der Waals surface area contributed by atoms with Crippen LogP contribution >= 0.6 is 11.6 Å². The first-order chi connectivity index (χ1) is 10.8. The molecule has 5 nitrogen and oxygen atoms in total. The van der Waals surface area contributed by atoms with E-state index in [4.69, 9.17) is 21.1 Å². The van der Waals surface area contributed by atoms with Gasteiger partial charge >= 0.3 is 6.09 Å². The molecule has 23 heavy (non-hydrogen) atoms. The van der Waals surface area contributed by atoms with Crippen LogP contribution in [-0.2, 0) is 22.6 Å². The highest BCUT2D eigenvalue weighted by Gasteiger charge is 2.28. The second-order valence-corrected chi connectivity index (χ2v) is 7.21. The van der Waals surface area contributed by atoms with Crippen molar-refractivity contribution in [3.8, 4) is 0 Å². The summed E-state index contributed by atoms with van der Waals surface area (Å²) in [5, 5.41) is 0.592. The minimum Gasteiger partial charge on any atom is -0.444 e. The summed E-state index contributed by atoms with van der Waals surface area (Å²) in [4.78, 5) is 17.7. The number of nitrogens with zero attached hydrogens (tertiary/aromatic N) is 2. The Kier molecular flexibility index (Phi) is 6.25. The van der Waals surface area contributed by atoms with Gasteiger partial charge in [-0.3, -0.25) is 9.88 Å². The van der Waals surface area contributed by atoms with Crippen LogP contribution in [0.4, 0.5) is 4.79 Å². The molecule has 6 heteroatoms. The molecule has 1 amide bonds. The number of fused-ring (bicyclic) bond motifs is 1. The Labute approximate surface area is 142 Å². The maximum atomic E-state index is 11.9. The molecule has 0 atom stereocenters. The van der Waals surface area contributed by atoms with E-state index in [0.717, 1.165) is 24.5 Å². The van der Waals surface area contributed by atoms with Gasteiger partial charge in [0.1, 0.15) is 5.60 Å². The van der Waals surface area contributed by atoms with Crippen LogP contribution in [0.1, 0.15) is 51.3 Å². The zero-order chi connectivity index (χ0) is 16.9. The Morgan fingerprint density at radius 1 is 1.26 bits per heavy atom. The van der Waals surface area contributed by atoms with Crippen molar-refractivity contribution in [1.82, 2.24) is 9.88 Å². The first-order valence-corrected chi connectivity index (χ1v) is 8.42. The third-order valence-electron chi connectivity index (χ3n) is 3.46. The highest BCUT2D eigenvalue weighted by Crippen LogP contribution is 2.25. The Bertz CT molecular complexity index is 528. The highest BCUT2D eigenvalue weighted by molar-refractivity contribution is 6.30. The molecule has 0 aromatic carbocycles. The van der Waals surface area contributed by atoms with Gasteiger partial charge in [-0.1, -0.05) is 11.6 Å². The molecule has 0 aliphatic carbocycles. The van der Waals surface area contributed by atoms with Crippen molar-refractivity contribution in [2.45, 2.75) is 58.7 Å². The van der Waals surface area contributed by atoms with Crippen LogP contribution < -0.4 is 0 Å². The van der Waals surface area contributed by atoms with E-state index in [-0.39, 0.29) is 6.09 Å². The van der Waals surface area contributed by atoms with Crippen LogP contribution in [0.2, 0.25) is 5.02 Å². The molecule has 2 aliphatic heterocycles. The predicted molar refractivity (Wildman–Crippen MR) is 89.4 cm³/mol. The molecule has 0 N–H and O–H groups in total. The molecule has 1 aromatic heterocycles. The van der Waals surface area contributed by atoms with Crippen LogP contribution in [0, 0.1) is 0 Å². The van der Waals surface area contributed by atoms with E-state index in [0.29, 0.717) is 18.1 Å². The van der Waals surface area contributed by atoms with Crippen molar-refractivity contribution >= 4 is 17.7 Å². The SMILES string of the molecule is C1CCOCC1.CC(C)(C)OC(=O)N1Cc2cc(Cl)cnc2C1. The molecule has 3 heterocycles. The van der Waals surface area contributed by atoms with Gasteiger partial charge < -0.3 is 9.47 Å². The minimum absolute atomic E-state index is 0.313. The van der Waals surface area contributed by atoms with E-state index in [1.807, 2.05) is 26.8 Å². The second-order valence-electron chi connectivity index (χ2n) is 6.77. The Morgan fingerprint density at radius 2 is 1.96 bits per heavy atom. The van der Waals surface area contributed by atoms with Crippen molar-refractivity contribution in [2.75, 3.05) is 13.2 Å². The lowest BCUT2D eigenvalue weighted by Gasteiger charge is -2.23. The topological polar surface area (TPSA) is 51.7 Å². The van der Waals surface area contributed by atoms with Crippen molar-refractivity contribution in [3.63, 3.8) is 0 Å². The average Bonchev–Trinajstić information content (AvgIpc) is 2.91. The summed E-state index contributed by atoms with van der Waals surface area (Å²) in [6.07, 6.45) is 5.21. The van der Waals surface area contributed by atoms with E-state index in [9.17, 15) is 4.79 Å². The molecule has 128 valence electrons. The Hall–Kier alpha value is -1.33. The third kappa shape index (κ3) is 5.99. The van der Waals surface area contributed by atoms with Crippen LogP contribution in [0.5, 0.6) is 0 Å². The van der Waals surface area contributed by atoms with Crippen molar-refractivity contribution < 1.29 is 14.3 Å². The number of halogens is 1. The summed E-state index contributed by atoms with van der Waals surface area (Å²) in [5.74, 6) is 0. The molecule has 2 aliphatic rings. The fraction of sp³-hybridized carbons (Fsp3) is 0.647. The number of pyridine rings is 1. The minimum atomic E-state index is -0.475. The second kappa shape index (κ2) is 7.97. The molecular formula is C17H25ClN2O3. The van der Waals surface area contributed by atoms with Crippen LogP contribution in [0.3, 0.4) is 0 Å². The van der Waals surface area contributed by atoms with Gasteiger partial charge in [0.05, 0.1) is 23.8 Å². The van der Waals surface area contributed by atoms with Crippen molar-refractivity contribution in [3.05, 3.63) is 28.5 Å². The summed E-state index contributed by atoms with van der Waals surface area (Å²) < 4.78 is 10.4. The van der Waals surface area contributed by atoms with Gasteiger partial charge in [-0.05, 0) is 51.7 Å². The summed E-state index contributed by atoms with van der Waals surface area (Å²) in [7, 11) is 0. The summed E-state index contributed by atoms with van der Waals surface area (Å²) >= 11 is 5.86. The highest BCUT2D eigenvalue weighted by atomic mass is 35.5. The largest absolute Gasteiger partial charge is 0.444 e. The van der Waals surface area contributed by atoms with Gasteiger partial charge in [0, 0.05) is 19.4 Å². The van der Waals surface area contributed by atoms with E-state index in [1.165, 1.54) is 19.3 Å². The van der Waals surface area contributed by atoms with Gasteiger partial charge in [-0.25, -0.2) is 4.79 Å². The standard InChI is InChI=1S/C12H15ClN2O2.C5H10O/c1-12(2,3)17-11(16)15-6-8-4-9(13)5-14-10(8)7-15;1-2-4-6-5-3-1/h4-5H,6-7H2,1-3H3;1-5H2. The Balaban J connectivity index is 0.000000268. The lowest BCUT2D eigenvalue weighted by Crippen LogP contribution is -2.33. The molecule has 1 saturated heterocycles. The van der Waals surface area contributed by atoms with E-state index < -0.39 is 5.60 Å². The average molecular weight is 341 g/mol. The molecular weight excluding hydrogens is 316 g/mol. The molecule has 0 radical (unpaired) electrons. The number of aromatic nitrogens is 1. The maximum absolute atomic E-state index is 11.9. The summed E-state index contributed by atoms with van der Waals surface area (Å²) in [6, 6.07) is 1.84. The van der Waals surface area contributed by atoms with Gasteiger partial charge in [0.2, 0.25) is 0 Å². The number of hydrogen-bond acceptors (Lipinski definition) is 4. The number of hydrogen-bond donors (Lipinski definition) is 0. The smallest absolute Gasteiger partial charge is 0.410 e. The molecule has 0 bridgehead atoms. The molecule has 3 rings (SSSR count). The molecule has 0 unspecified atom stereocenters. The lowest BCUT2D eigenvalue weighted by atomic mass is 10.2. The van der Waals surface area contributed by atoms with Gasteiger partial charge in [0.15, 0.2) is 0 Å².